The molecule has 2 heterocycles. The molecule has 0 bridgehead atoms. The minimum Gasteiger partial charge on any atom is -0.336 e. The van der Waals surface area contributed by atoms with Gasteiger partial charge < -0.3 is 20.0 Å². The van der Waals surface area contributed by atoms with Crippen LogP contribution in [0.5, 0.6) is 0 Å². The number of nitrogens with one attached hydrogen (secondary N) is 2. The highest BCUT2D eigenvalue weighted by Gasteiger charge is 2.39. The molecule has 6 nitrogen and oxygen atoms in total. The van der Waals surface area contributed by atoms with Crippen LogP contribution in [0, 0.1) is 6.92 Å². The molecule has 3 rings (SSSR count). The summed E-state index contributed by atoms with van der Waals surface area (Å²) in [4.78, 5) is 30.3. The Bertz CT molecular complexity index is 703. The van der Waals surface area contributed by atoms with E-state index in [1.165, 1.54) is 16.0 Å². The molecule has 2 saturated heterocycles. The number of nitrogens with zero attached hydrogens (tertiary/aromatic N) is 2. The smallest absolute Gasteiger partial charge is 0.318 e. The molecule has 3 amide bonds. The van der Waals surface area contributed by atoms with E-state index in [-0.39, 0.29) is 28.6 Å². The van der Waals surface area contributed by atoms with Gasteiger partial charge in [0.25, 0.3) is 0 Å². The van der Waals surface area contributed by atoms with E-state index in [2.05, 4.69) is 35.3 Å². The maximum absolute atomic E-state index is 12.8. The van der Waals surface area contributed by atoms with Gasteiger partial charge in [0.05, 0.1) is 44.5 Å². The topological polar surface area (TPSA) is 57.1 Å². The second-order valence-electron chi connectivity index (χ2n) is 8.11. The molecule has 1 aromatic rings. The number of thioether (sulfide) groups is 1. The fourth-order valence-corrected chi connectivity index (χ4v) is 5.31. The summed E-state index contributed by atoms with van der Waals surface area (Å²) in [5, 5.41) is 3.09. The van der Waals surface area contributed by atoms with Crippen molar-refractivity contribution in [3.8, 4) is 0 Å². The zero-order valence-corrected chi connectivity index (χ0v) is 18.2. The summed E-state index contributed by atoms with van der Waals surface area (Å²) in [6, 6.07) is 8.57. The zero-order chi connectivity index (χ0) is 20.3. The predicted molar refractivity (Wildman–Crippen MR) is 113 cm³/mol. The third kappa shape index (κ3) is 4.81. The lowest BCUT2D eigenvalue weighted by molar-refractivity contribution is -0.903. The van der Waals surface area contributed by atoms with E-state index in [1.54, 1.807) is 11.8 Å². The first-order chi connectivity index (χ1) is 13.4. The highest BCUT2D eigenvalue weighted by atomic mass is 32.2. The van der Waals surface area contributed by atoms with Gasteiger partial charge in [-0.15, -0.1) is 11.8 Å². The van der Waals surface area contributed by atoms with Crippen molar-refractivity contribution in [1.29, 1.82) is 0 Å². The van der Waals surface area contributed by atoms with Crippen LogP contribution in [0.25, 0.3) is 0 Å². The van der Waals surface area contributed by atoms with Crippen LogP contribution >= 0.6 is 11.8 Å². The van der Waals surface area contributed by atoms with Crippen LogP contribution in [-0.4, -0.2) is 72.3 Å². The van der Waals surface area contributed by atoms with Crippen molar-refractivity contribution >= 4 is 23.7 Å². The molecule has 0 aromatic heterocycles. The van der Waals surface area contributed by atoms with Crippen LogP contribution in [0.2, 0.25) is 0 Å². The third-order valence-electron chi connectivity index (χ3n) is 5.58. The molecule has 2 aliphatic heterocycles. The first kappa shape index (κ1) is 21.0. The van der Waals surface area contributed by atoms with Crippen LogP contribution in [0.15, 0.2) is 24.3 Å². The first-order valence-electron chi connectivity index (χ1n) is 10.3. The Hall–Kier alpha value is -1.73. The molecule has 154 valence electrons. The summed E-state index contributed by atoms with van der Waals surface area (Å²) in [6.45, 7) is 13.2. The van der Waals surface area contributed by atoms with Gasteiger partial charge in [0.15, 0.2) is 0 Å². The Morgan fingerprint density at radius 1 is 1.29 bits per heavy atom. The average Bonchev–Trinajstić information content (AvgIpc) is 2.94. The van der Waals surface area contributed by atoms with E-state index in [4.69, 9.17) is 0 Å². The summed E-state index contributed by atoms with van der Waals surface area (Å²) in [5.74, 6) is 0.243. The number of carbonyl (C=O) groups is 2. The number of hydrogen-bond donors (Lipinski definition) is 2. The second-order valence-corrected chi connectivity index (χ2v) is 9.54. The minimum atomic E-state index is 0.0104. The number of aryl methyl sites for hydroxylation is 1. The molecular formula is C21H33N4O2S+. The maximum atomic E-state index is 12.8. The number of amides is 3. The quantitative estimate of drug-likeness (QED) is 0.776. The summed E-state index contributed by atoms with van der Waals surface area (Å²) >= 11 is 1.75. The van der Waals surface area contributed by atoms with Gasteiger partial charge in [0.1, 0.15) is 5.37 Å². The third-order valence-corrected chi connectivity index (χ3v) is 6.95. The lowest BCUT2D eigenvalue weighted by atomic mass is 10.1. The Morgan fingerprint density at radius 3 is 2.61 bits per heavy atom. The Morgan fingerprint density at radius 2 is 1.96 bits per heavy atom. The van der Waals surface area contributed by atoms with Gasteiger partial charge in [-0.25, -0.2) is 4.79 Å². The van der Waals surface area contributed by atoms with E-state index < -0.39 is 0 Å². The Kier molecular flexibility index (Phi) is 6.88. The number of carbonyl (C=O) groups excluding carboxylic acids is 2. The van der Waals surface area contributed by atoms with Gasteiger partial charge in [0, 0.05) is 6.04 Å². The molecule has 1 aromatic carbocycles. The fourth-order valence-electron chi connectivity index (χ4n) is 3.90. The molecule has 2 N–H and O–H groups in total. The van der Waals surface area contributed by atoms with Crippen molar-refractivity contribution in [3.63, 3.8) is 0 Å². The summed E-state index contributed by atoms with van der Waals surface area (Å²) in [7, 11) is 0. The molecule has 2 fully saturated rings. The number of benzene rings is 1. The van der Waals surface area contributed by atoms with Gasteiger partial charge in [-0.1, -0.05) is 24.3 Å². The fraction of sp³-hybridized carbons (Fsp3) is 0.619. The van der Waals surface area contributed by atoms with Crippen LogP contribution in [0.1, 0.15) is 37.3 Å². The summed E-state index contributed by atoms with van der Waals surface area (Å²) < 4.78 is 0. The van der Waals surface area contributed by atoms with Crippen LogP contribution in [0.3, 0.4) is 0 Å². The highest BCUT2D eigenvalue weighted by molar-refractivity contribution is 8.01. The van der Waals surface area contributed by atoms with Gasteiger partial charge in [0.2, 0.25) is 5.91 Å². The van der Waals surface area contributed by atoms with Crippen LogP contribution in [-0.2, 0) is 4.79 Å². The minimum absolute atomic E-state index is 0.0104. The van der Waals surface area contributed by atoms with Gasteiger partial charge >= 0.3 is 6.03 Å². The van der Waals surface area contributed by atoms with E-state index in [0.717, 1.165) is 39.3 Å². The van der Waals surface area contributed by atoms with Crippen LogP contribution < -0.4 is 10.2 Å². The van der Waals surface area contributed by atoms with E-state index in [0.29, 0.717) is 0 Å². The monoisotopic (exact) mass is 405 g/mol. The molecule has 28 heavy (non-hydrogen) atoms. The second kappa shape index (κ2) is 9.18. The molecule has 0 aliphatic carbocycles. The summed E-state index contributed by atoms with van der Waals surface area (Å²) in [6.07, 6.45) is 0. The van der Waals surface area contributed by atoms with Gasteiger partial charge in [-0.05, 0) is 38.8 Å². The lowest BCUT2D eigenvalue weighted by Gasteiger charge is -2.34. The van der Waals surface area contributed by atoms with E-state index in [9.17, 15) is 9.59 Å². The average molecular weight is 406 g/mol. The molecule has 2 aliphatic rings. The zero-order valence-electron chi connectivity index (χ0n) is 17.4. The van der Waals surface area contributed by atoms with Crippen molar-refractivity contribution in [1.82, 2.24) is 15.1 Å². The molecule has 0 saturated carbocycles. The van der Waals surface area contributed by atoms with E-state index in [1.807, 2.05) is 31.7 Å². The van der Waals surface area contributed by atoms with Crippen LogP contribution in [0.4, 0.5) is 4.79 Å². The molecular weight excluding hydrogens is 372 g/mol. The summed E-state index contributed by atoms with van der Waals surface area (Å²) in [5.41, 5.74) is 2.49. The SMILES string of the molecule is Cc1ccccc1[C@H]1S[C@@H](C)C(=O)N1CC[NH+]1CCN(C(=O)NC(C)C)CC1. The molecule has 0 spiro atoms. The number of hydrogen-bond acceptors (Lipinski definition) is 3. The first-order valence-corrected chi connectivity index (χ1v) is 11.2. The lowest BCUT2D eigenvalue weighted by Crippen LogP contribution is -3.15. The number of rotatable bonds is 5. The van der Waals surface area contributed by atoms with Crippen molar-refractivity contribution in [2.75, 3.05) is 39.3 Å². The number of piperazine rings is 1. The van der Waals surface area contributed by atoms with E-state index >= 15 is 0 Å². The Labute approximate surface area is 172 Å². The van der Waals surface area contributed by atoms with Crippen molar-refractivity contribution in [2.45, 2.75) is 44.4 Å². The van der Waals surface area contributed by atoms with Crippen molar-refractivity contribution in [2.24, 2.45) is 0 Å². The van der Waals surface area contributed by atoms with Gasteiger partial charge in [-0.2, -0.15) is 0 Å². The van der Waals surface area contributed by atoms with Crippen molar-refractivity contribution < 1.29 is 14.5 Å². The molecule has 0 unspecified atom stereocenters. The maximum Gasteiger partial charge on any atom is 0.318 e. The van der Waals surface area contributed by atoms with Crippen molar-refractivity contribution in [3.05, 3.63) is 35.4 Å². The number of urea groups is 1. The van der Waals surface area contributed by atoms with Gasteiger partial charge in [-0.3, -0.25) is 4.79 Å². The largest absolute Gasteiger partial charge is 0.336 e. The normalized spacial score (nSPS) is 23.5. The number of quaternary nitrogens is 1. The standard InChI is InChI=1S/C21H32N4O2S/c1-15(2)22-21(27)24-12-9-23(10-13-24)11-14-25-19(26)17(4)28-20(25)18-8-6-5-7-16(18)3/h5-8,15,17,20H,9-14H2,1-4H3,(H,22,27)/p+1/t17-,20+/m0/s1. The molecule has 7 heteroatoms. The molecule has 0 radical (unpaired) electrons. The highest BCUT2D eigenvalue weighted by Crippen LogP contribution is 2.43. The predicted octanol–water partition coefficient (Wildman–Crippen LogP) is 1.28. The molecule has 2 atom stereocenters. The Balaban J connectivity index is 1.55.